The molecule has 0 saturated heterocycles. The summed E-state index contributed by atoms with van der Waals surface area (Å²) in [6, 6.07) is 16.4. The minimum atomic E-state index is 0.806. The summed E-state index contributed by atoms with van der Waals surface area (Å²) < 4.78 is 5.86. The molecular formula is C25H36N2O. The second kappa shape index (κ2) is 13.0. The number of benzene rings is 2. The molecule has 0 radical (unpaired) electrons. The van der Waals surface area contributed by atoms with Crippen molar-refractivity contribution < 1.29 is 4.74 Å². The third-order valence-electron chi connectivity index (χ3n) is 4.88. The average molecular weight is 381 g/mol. The molecule has 0 amide bonds. The zero-order chi connectivity index (χ0) is 20.0. The summed E-state index contributed by atoms with van der Waals surface area (Å²) in [5, 5.41) is 0. The second-order valence-corrected chi connectivity index (χ2v) is 7.56. The number of unbranched alkanes of at least 4 members (excludes halogenated alkanes) is 7. The van der Waals surface area contributed by atoms with Gasteiger partial charge in [-0.05, 0) is 60.5 Å². The first-order valence-corrected chi connectivity index (χ1v) is 10.7. The normalized spacial score (nSPS) is 11.1. The van der Waals surface area contributed by atoms with Crippen molar-refractivity contribution in [2.75, 3.05) is 25.6 Å². The zero-order valence-electron chi connectivity index (χ0n) is 17.9. The molecule has 0 unspecified atom stereocenters. The van der Waals surface area contributed by atoms with Crippen LogP contribution in [0.1, 0.15) is 63.9 Å². The molecule has 2 rings (SSSR count). The number of aliphatic imine (C=N–C) groups is 1. The molecule has 0 atom stereocenters. The van der Waals surface area contributed by atoms with Gasteiger partial charge in [0.05, 0.1) is 12.3 Å². The third kappa shape index (κ3) is 8.60. The molecule has 0 N–H and O–H groups in total. The molecule has 152 valence electrons. The summed E-state index contributed by atoms with van der Waals surface area (Å²) in [4.78, 5) is 6.63. The van der Waals surface area contributed by atoms with Gasteiger partial charge in [-0.2, -0.15) is 0 Å². The Morgan fingerprint density at radius 2 is 1.39 bits per heavy atom. The van der Waals surface area contributed by atoms with Crippen LogP contribution in [0.4, 0.5) is 11.4 Å². The average Bonchev–Trinajstić information content (AvgIpc) is 2.72. The van der Waals surface area contributed by atoms with Crippen LogP contribution < -0.4 is 9.64 Å². The molecule has 0 aromatic heterocycles. The second-order valence-electron chi connectivity index (χ2n) is 7.56. The van der Waals surface area contributed by atoms with Gasteiger partial charge in [-0.25, -0.2) is 0 Å². The molecule has 28 heavy (non-hydrogen) atoms. The van der Waals surface area contributed by atoms with E-state index in [4.69, 9.17) is 4.74 Å². The van der Waals surface area contributed by atoms with Crippen molar-refractivity contribution >= 4 is 17.6 Å². The van der Waals surface area contributed by atoms with Crippen LogP contribution in [0.2, 0.25) is 0 Å². The first-order chi connectivity index (χ1) is 13.7. The lowest BCUT2D eigenvalue weighted by atomic mass is 10.1. The van der Waals surface area contributed by atoms with E-state index in [1.165, 1.54) is 50.6 Å². The first-order valence-electron chi connectivity index (χ1n) is 10.7. The molecule has 2 aromatic rings. The van der Waals surface area contributed by atoms with Gasteiger partial charge in [0.2, 0.25) is 0 Å². The Kier molecular flexibility index (Phi) is 10.2. The van der Waals surface area contributed by atoms with Crippen LogP contribution in [0.5, 0.6) is 5.75 Å². The molecule has 3 heteroatoms. The van der Waals surface area contributed by atoms with Crippen LogP contribution in [0, 0.1) is 0 Å². The number of nitrogens with zero attached hydrogens (tertiary/aromatic N) is 2. The van der Waals surface area contributed by atoms with Crippen molar-refractivity contribution in [3.05, 3.63) is 54.1 Å². The Hall–Kier alpha value is -2.29. The predicted octanol–water partition coefficient (Wildman–Crippen LogP) is 7.02. The summed E-state index contributed by atoms with van der Waals surface area (Å²) in [6.45, 7) is 3.07. The largest absolute Gasteiger partial charge is 0.494 e. The van der Waals surface area contributed by atoms with Crippen LogP contribution in [-0.2, 0) is 0 Å². The SMILES string of the molecule is CCCCCCCCCCOc1ccc(C=Nc2ccc(N(C)C)cc2)cc1. The van der Waals surface area contributed by atoms with Crippen LogP contribution in [0.3, 0.4) is 0 Å². The maximum Gasteiger partial charge on any atom is 0.119 e. The van der Waals surface area contributed by atoms with Crippen LogP contribution in [0.15, 0.2) is 53.5 Å². The minimum Gasteiger partial charge on any atom is -0.494 e. The van der Waals surface area contributed by atoms with Gasteiger partial charge in [-0.1, -0.05) is 51.9 Å². The smallest absolute Gasteiger partial charge is 0.119 e. The Labute approximate surface area is 171 Å². The van der Waals surface area contributed by atoms with Crippen molar-refractivity contribution in [2.24, 2.45) is 4.99 Å². The van der Waals surface area contributed by atoms with Crippen LogP contribution in [0.25, 0.3) is 0 Å². The molecule has 0 aliphatic carbocycles. The van der Waals surface area contributed by atoms with Gasteiger partial charge in [-0.3, -0.25) is 4.99 Å². The maximum atomic E-state index is 5.86. The first kappa shape index (κ1) is 22.0. The van der Waals surface area contributed by atoms with E-state index < -0.39 is 0 Å². The monoisotopic (exact) mass is 380 g/mol. The molecule has 0 bridgehead atoms. The fraction of sp³-hybridized carbons (Fsp3) is 0.480. The summed E-state index contributed by atoms with van der Waals surface area (Å²) in [7, 11) is 4.08. The Balaban J connectivity index is 1.66. The van der Waals surface area contributed by atoms with E-state index in [2.05, 4.69) is 41.1 Å². The number of anilines is 1. The highest BCUT2D eigenvalue weighted by molar-refractivity contribution is 5.82. The van der Waals surface area contributed by atoms with Crippen molar-refractivity contribution in [2.45, 2.75) is 58.3 Å². The van der Waals surface area contributed by atoms with Gasteiger partial charge in [-0.15, -0.1) is 0 Å². The highest BCUT2D eigenvalue weighted by atomic mass is 16.5. The van der Waals surface area contributed by atoms with Crippen molar-refractivity contribution in [1.29, 1.82) is 0 Å². The molecule has 3 nitrogen and oxygen atoms in total. The van der Waals surface area contributed by atoms with Crippen LogP contribution in [-0.4, -0.2) is 26.9 Å². The van der Waals surface area contributed by atoms with E-state index in [1.807, 2.05) is 44.6 Å². The van der Waals surface area contributed by atoms with E-state index >= 15 is 0 Å². The van der Waals surface area contributed by atoms with E-state index in [0.717, 1.165) is 30.0 Å². The number of hydrogen-bond acceptors (Lipinski definition) is 3. The molecular weight excluding hydrogens is 344 g/mol. The molecule has 0 fully saturated rings. The van der Waals surface area contributed by atoms with E-state index in [-0.39, 0.29) is 0 Å². The molecule has 0 spiro atoms. The summed E-state index contributed by atoms with van der Waals surface area (Å²) in [5.41, 5.74) is 3.22. The Morgan fingerprint density at radius 1 is 0.786 bits per heavy atom. The van der Waals surface area contributed by atoms with Gasteiger partial charge in [0.15, 0.2) is 0 Å². The highest BCUT2D eigenvalue weighted by Crippen LogP contribution is 2.18. The fourth-order valence-electron chi connectivity index (χ4n) is 3.06. The molecule has 0 aliphatic heterocycles. The minimum absolute atomic E-state index is 0.806. The van der Waals surface area contributed by atoms with E-state index in [1.54, 1.807) is 0 Å². The standard InChI is InChI=1S/C25H36N2O/c1-4-5-6-7-8-9-10-11-20-28-25-18-12-22(13-19-25)21-26-23-14-16-24(17-15-23)27(2)3/h12-19,21H,4-11,20H2,1-3H3. The summed E-state index contributed by atoms with van der Waals surface area (Å²) >= 11 is 0. The van der Waals surface area contributed by atoms with Crippen molar-refractivity contribution in [1.82, 2.24) is 0 Å². The number of ether oxygens (including phenoxy) is 1. The van der Waals surface area contributed by atoms with Gasteiger partial charge < -0.3 is 9.64 Å². The lowest BCUT2D eigenvalue weighted by Crippen LogP contribution is -2.07. The van der Waals surface area contributed by atoms with Crippen molar-refractivity contribution in [3.63, 3.8) is 0 Å². The number of hydrogen-bond donors (Lipinski definition) is 0. The van der Waals surface area contributed by atoms with Crippen molar-refractivity contribution in [3.8, 4) is 5.75 Å². The van der Waals surface area contributed by atoms with E-state index in [0.29, 0.717) is 0 Å². The van der Waals surface area contributed by atoms with E-state index in [9.17, 15) is 0 Å². The van der Waals surface area contributed by atoms with Gasteiger partial charge in [0.25, 0.3) is 0 Å². The summed E-state index contributed by atoms with van der Waals surface area (Å²) in [5.74, 6) is 0.940. The lowest BCUT2D eigenvalue weighted by Gasteiger charge is -2.11. The lowest BCUT2D eigenvalue weighted by molar-refractivity contribution is 0.304. The van der Waals surface area contributed by atoms with Crippen LogP contribution >= 0.6 is 0 Å². The molecule has 0 heterocycles. The predicted molar refractivity (Wildman–Crippen MR) is 123 cm³/mol. The quantitative estimate of drug-likeness (QED) is 0.275. The molecule has 0 saturated carbocycles. The summed E-state index contributed by atoms with van der Waals surface area (Å²) in [6.07, 6.45) is 12.5. The third-order valence-corrected chi connectivity index (χ3v) is 4.88. The van der Waals surface area contributed by atoms with Gasteiger partial charge >= 0.3 is 0 Å². The highest BCUT2D eigenvalue weighted by Gasteiger charge is 1.97. The Bertz CT molecular complexity index is 675. The zero-order valence-corrected chi connectivity index (χ0v) is 17.9. The number of rotatable bonds is 13. The van der Waals surface area contributed by atoms with Gasteiger partial charge in [0, 0.05) is 26.0 Å². The van der Waals surface area contributed by atoms with Gasteiger partial charge in [0.1, 0.15) is 5.75 Å². The maximum absolute atomic E-state index is 5.86. The topological polar surface area (TPSA) is 24.8 Å². The fourth-order valence-corrected chi connectivity index (χ4v) is 3.06. The molecule has 2 aromatic carbocycles. The molecule has 0 aliphatic rings. The Morgan fingerprint density at radius 3 is 2.00 bits per heavy atom.